The molecule has 2 aliphatic heterocycles. The Labute approximate surface area is 118 Å². The summed E-state index contributed by atoms with van der Waals surface area (Å²) in [5.74, 6) is 0. The molecular formula is C15H18N2O3. The fraction of sp³-hybridized carbons (Fsp3) is 0.400. The first kappa shape index (κ1) is 13.0. The zero-order valence-corrected chi connectivity index (χ0v) is 11.5. The molecule has 2 aliphatic rings. The average Bonchev–Trinajstić information content (AvgIpc) is 2.98. The molecule has 1 amide bonds. The van der Waals surface area contributed by atoms with Gasteiger partial charge in [0.2, 0.25) is 0 Å². The summed E-state index contributed by atoms with van der Waals surface area (Å²) in [7, 11) is 1.40. The molecule has 0 unspecified atom stereocenters. The van der Waals surface area contributed by atoms with Gasteiger partial charge in [-0.3, -0.25) is 4.90 Å². The Morgan fingerprint density at radius 1 is 1.60 bits per heavy atom. The summed E-state index contributed by atoms with van der Waals surface area (Å²) in [6.45, 7) is 4.76. The molecule has 0 radical (unpaired) electrons. The molecule has 1 saturated heterocycles. The average molecular weight is 274 g/mol. The molecule has 2 heterocycles. The number of nitrogens with one attached hydrogen (secondary N) is 1. The third-order valence-corrected chi connectivity index (χ3v) is 4.02. The zero-order valence-electron chi connectivity index (χ0n) is 11.5. The summed E-state index contributed by atoms with van der Waals surface area (Å²) in [6, 6.07) is 8.01. The van der Waals surface area contributed by atoms with Gasteiger partial charge in [0.1, 0.15) is 11.8 Å². The number of benzene rings is 1. The number of likely N-dealkylation sites (tertiary alicyclic amines) is 1. The molecule has 3 rings (SSSR count). The largest absolute Gasteiger partial charge is 0.453 e. The van der Waals surface area contributed by atoms with Crippen molar-refractivity contribution in [2.75, 3.05) is 25.6 Å². The quantitative estimate of drug-likeness (QED) is 0.859. The van der Waals surface area contributed by atoms with Crippen molar-refractivity contribution in [3.8, 4) is 0 Å². The lowest BCUT2D eigenvalue weighted by Gasteiger charge is -2.31. The normalized spacial score (nSPS) is 26.6. The van der Waals surface area contributed by atoms with Gasteiger partial charge in [-0.25, -0.2) is 4.79 Å². The lowest BCUT2D eigenvalue weighted by Crippen LogP contribution is -2.47. The smallest absolute Gasteiger partial charge is 0.411 e. The Bertz CT molecular complexity index is 546. The maximum absolute atomic E-state index is 11.9. The highest BCUT2D eigenvalue weighted by atomic mass is 16.5. The maximum Gasteiger partial charge on any atom is 0.411 e. The first-order chi connectivity index (χ1) is 9.73. The van der Waals surface area contributed by atoms with E-state index in [0.717, 1.165) is 17.7 Å². The predicted octanol–water partition coefficient (Wildman–Crippen LogP) is 2.31. The van der Waals surface area contributed by atoms with E-state index in [1.807, 2.05) is 24.3 Å². The van der Waals surface area contributed by atoms with Gasteiger partial charge in [-0.2, -0.15) is 0 Å². The molecule has 2 atom stereocenters. The maximum atomic E-state index is 11.9. The van der Waals surface area contributed by atoms with Crippen LogP contribution in [0.3, 0.4) is 0 Å². The third-order valence-electron chi connectivity index (χ3n) is 4.02. The number of anilines is 1. The van der Waals surface area contributed by atoms with Crippen LogP contribution >= 0.6 is 0 Å². The summed E-state index contributed by atoms with van der Waals surface area (Å²) in [6.07, 6.45) is 1.91. The van der Waals surface area contributed by atoms with E-state index in [9.17, 15) is 4.79 Å². The summed E-state index contributed by atoms with van der Waals surface area (Å²) in [4.78, 5) is 13.6. The van der Waals surface area contributed by atoms with Gasteiger partial charge in [-0.15, -0.1) is 6.58 Å². The second-order valence-electron chi connectivity index (χ2n) is 5.00. The molecule has 1 aromatic carbocycles. The molecule has 1 fully saturated rings. The van der Waals surface area contributed by atoms with Gasteiger partial charge in [0, 0.05) is 24.2 Å². The number of ether oxygens (including phenoxy) is 2. The molecule has 5 heteroatoms. The SMILES string of the molecule is C=CCO[C@@]12CCN(C(=O)OC)[C@@H]1Nc1ccccc12. The van der Waals surface area contributed by atoms with Crippen LogP contribution in [0.15, 0.2) is 36.9 Å². The second kappa shape index (κ2) is 4.83. The van der Waals surface area contributed by atoms with E-state index in [4.69, 9.17) is 9.47 Å². The number of fused-ring (bicyclic) bond motifs is 3. The standard InChI is InChI=1S/C15H18N2O3/c1-3-10-20-15-8-9-17(14(18)19-2)13(15)16-12-7-5-4-6-11(12)15/h3-7,13,16H,1,8-10H2,2H3/t13-,15+/m0/s1. The van der Waals surface area contributed by atoms with E-state index in [1.165, 1.54) is 7.11 Å². The molecule has 1 N–H and O–H groups in total. The van der Waals surface area contributed by atoms with Gasteiger partial charge in [-0.05, 0) is 6.07 Å². The van der Waals surface area contributed by atoms with Crippen LogP contribution in [0, 0.1) is 0 Å². The van der Waals surface area contributed by atoms with Crippen molar-refractivity contribution >= 4 is 11.8 Å². The van der Waals surface area contributed by atoms with E-state index in [0.29, 0.717) is 13.2 Å². The van der Waals surface area contributed by atoms with Gasteiger partial charge in [0.25, 0.3) is 0 Å². The molecule has 5 nitrogen and oxygen atoms in total. The van der Waals surface area contributed by atoms with Crippen LogP contribution in [0.25, 0.3) is 0 Å². The van der Waals surface area contributed by atoms with E-state index in [2.05, 4.69) is 11.9 Å². The molecule has 1 aromatic rings. The number of carbonyl (C=O) groups excluding carboxylic acids is 1. The van der Waals surface area contributed by atoms with Crippen molar-refractivity contribution in [1.29, 1.82) is 0 Å². The Morgan fingerprint density at radius 2 is 2.40 bits per heavy atom. The molecule has 20 heavy (non-hydrogen) atoms. The van der Waals surface area contributed by atoms with E-state index in [1.54, 1.807) is 11.0 Å². The minimum atomic E-state index is -0.515. The summed E-state index contributed by atoms with van der Waals surface area (Å²) < 4.78 is 10.9. The third kappa shape index (κ3) is 1.70. The molecule has 0 aromatic heterocycles. The zero-order chi connectivity index (χ0) is 14.2. The fourth-order valence-corrected chi connectivity index (χ4v) is 3.16. The Hall–Kier alpha value is -2.01. The van der Waals surface area contributed by atoms with Crippen LogP contribution in [0.5, 0.6) is 0 Å². The number of hydrogen-bond donors (Lipinski definition) is 1. The van der Waals surface area contributed by atoms with Gasteiger partial charge in [0.15, 0.2) is 0 Å². The van der Waals surface area contributed by atoms with E-state index >= 15 is 0 Å². The lowest BCUT2D eigenvalue weighted by molar-refractivity contribution is -0.0444. The first-order valence-electron chi connectivity index (χ1n) is 6.68. The molecule has 106 valence electrons. The molecule has 0 spiro atoms. The van der Waals surface area contributed by atoms with Crippen LogP contribution in [-0.4, -0.2) is 37.4 Å². The first-order valence-corrected chi connectivity index (χ1v) is 6.68. The fourth-order valence-electron chi connectivity index (χ4n) is 3.16. The molecule has 0 bridgehead atoms. The number of nitrogens with zero attached hydrogens (tertiary/aromatic N) is 1. The number of methoxy groups -OCH3 is 1. The number of hydrogen-bond acceptors (Lipinski definition) is 4. The monoisotopic (exact) mass is 274 g/mol. The van der Waals surface area contributed by atoms with Crippen molar-refractivity contribution in [3.63, 3.8) is 0 Å². The van der Waals surface area contributed by atoms with Gasteiger partial charge < -0.3 is 14.8 Å². The predicted molar refractivity (Wildman–Crippen MR) is 75.4 cm³/mol. The summed E-state index contributed by atoms with van der Waals surface area (Å²) in [5.41, 5.74) is 1.59. The van der Waals surface area contributed by atoms with Gasteiger partial charge in [0.05, 0.1) is 13.7 Å². The van der Waals surface area contributed by atoms with Crippen LogP contribution in [-0.2, 0) is 15.1 Å². The lowest BCUT2D eigenvalue weighted by atomic mass is 9.92. The van der Waals surface area contributed by atoms with Crippen molar-refractivity contribution in [2.24, 2.45) is 0 Å². The molecule has 0 aliphatic carbocycles. The minimum absolute atomic E-state index is 0.229. The van der Waals surface area contributed by atoms with Crippen LogP contribution < -0.4 is 5.32 Å². The Balaban J connectivity index is 2.00. The van der Waals surface area contributed by atoms with Crippen molar-refractivity contribution in [2.45, 2.75) is 18.2 Å². The van der Waals surface area contributed by atoms with Crippen molar-refractivity contribution in [3.05, 3.63) is 42.5 Å². The van der Waals surface area contributed by atoms with Crippen LogP contribution in [0.1, 0.15) is 12.0 Å². The minimum Gasteiger partial charge on any atom is -0.453 e. The molecule has 0 saturated carbocycles. The van der Waals surface area contributed by atoms with Crippen LogP contribution in [0.2, 0.25) is 0 Å². The number of rotatable bonds is 3. The van der Waals surface area contributed by atoms with E-state index in [-0.39, 0.29) is 12.3 Å². The summed E-state index contributed by atoms with van der Waals surface area (Å²) in [5, 5.41) is 3.38. The van der Waals surface area contributed by atoms with Gasteiger partial charge >= 0.3 is 6.09 Å². The number of amides is 1. The Kier molecular flexibility index (Phi) is 3.14. The second-order valence-corrected chi connectivity index (χ2v) is 5.00. The van der Waals surface area contributed by atoms with Crippen LogP contribution in [0.4, 0.5) is 10.5 Å². The molecular weight excluding hydrogens is 256 g/mol. The van der Waals surface area contributed by atoms with Crippen molar-refractivity contribution < 1.29 is 14.3 Å². The number of carbonyl (C=O) groups is 1. The highest BCUT2D eigenvalue weighted by Gasteiger charge is 2.56. The van der Waals surface area contributed by atoms with E-state index < -0.39 is 5.60 Å². The topological polar surface area (TPSA) is 50.8 Å². The Morgan fingerprint density at radius 3 is 3.15 bits per heavy atom. The summed E-state index contributed by atoms with van der Waals surface area (Å²) >= 11 is 0. The van der Waals surface area contributed by atoms with Crippen molar-refractivity contribution in [1.82, 2.24) is 4.90 Å². The van der Waals surface area contributed by atoms with Gasteiger partial charge in [-0.1, -0.05) is 24.3 Å². The number of para-hydroxylation sites is 1. The highest BCUT2D eigenvalue weighted by Crippen LogP contribution is 2.49. The highest BCUT2D eigenvalue weighted by molar-refractivity contribution is 5.72.